The van der Waals surface area contributed by atoms with E-state index in [-0.39, 0.29) is 12.5 Å². The molecule has 0 spiro atoms. The highest BCUT2D eigenvalue weighted by Crippen LogP contribution is 2.25. The second kappa shape index (κ2) is 7.16. The second-order valence-electron chi connectivity index (χ2n) is 4.10. The predicted octanol–water partition coefficient (Wildman–Crippen LogP) is 2.53. The van der Waals surface area contributed by atoms with Gasteiger partial charge in [-0.2, -0.15) is 11.8 Å². The van der Waals surface area contributed by atoms with Gasteiger partial charge in [0.05, 0.1) is 12.3 Å². The maximum Gasteiger partial charge on any atom is 0.230 e. The molecular formula is C13H18BrNO2S. The van der Waals surface area contributed by atoms with Crippen molar-refractivity contribution >= 4 is 33.6 Å². The van der Waals surface area contributed by atoms with Gasteiger partial charge in [-0.3, -0.25) is 4.79 Å². The number of aliphatic hydroxyl groups is 1. The van der Waals surface area contributed by atoms with E-state index in [4.69, 9.17) is 0 Å². The van der Waals surface area contributed by atoms with Crippen LogP contribution in [0.3, 0.4) is 0 Å². The molecule has 1 atom stereocenters. The van der Waals surface area contributed by atoms with Crippen molar-refractivity contribution in [1.29, 1.82) is 0 Å². The zero-order valence-electron chi connectivity index (χ0n) is 10.6. The van der Waals surface area contributed by atoms with Crippen LogP contribution in [0, 0.1) is 0 Å². The van der Waals surface area contributed by atoms with Crippen LogP contribution in [0.4, 0.5) is 0 Å². The van der Waals surface area contributed by atoms with Gasteiger partial charge < -0.3 is 10.4 Å². The van der Waals surface area contributed by atoms with Gasteiger partial charge >= 0.3 is 0 Å². The van der Waals surface area contributed by atoms with Gasteiger partial charge in [0.25, 0.3) is 0 Å². The van der Waals surface area contributed by atoms with Gasteiger partial charge in [0.1, 0.15) is 5.60 Å². The molecule has 0 bridgehead atoms. The average Bonchev–Trinajstić information content (AvgIpc) is 2.37. The first-order valence-corrected chi connectivity index (χ1v) is 7.94. The number of hydrogen-bond acceptors (Lipinski definition) is 3. The van der Waals surface area contributed by atoms with Crippen molar-refractivity contribution in [2.24, 2.45) is 0 Å². The third-order valence-electron chi connectivity index (χ3n) is 2.82. The molecule has 3 nitrogen and oxygen atoms in total. The lowest BCUT2D eigenvalue weighted by atomic mass is 9.91. The normalized spacial score (nSPS) is 14.0. The summed E-state index contributed by atoms with van der Waals surface area (Å²) in [6, 6.07) is 7.52. The summed E-state index contributed by atoms with van der Waals surface area (Å²) in [6.45, 7) is 2.15. The lowest BCUT2D eigenvalue weighted by Gasteiger charge is -2.27. The quantitative estimate of drug-likeness (QED) is 0.842. The number of thioether (sulfide) groups is 1. The van der Waals surface area contributed by atoms with E-state index in [1.165, 1.54) is 11.8 Å². The molecule has 0 radical (unpaired) electrons. The monoisotopic (exact) mass is 331 g/mol. The summed E-state index contributed by atoms with van der Waals surface area (Å²) >= 11 is 4.83. The van der Waals surface area contributed by atoms with Crippen molar-refractivity contribution < 1.29 is 9.90 Å². The van der Waals surface area contributed by atoms with E-state index >= 15 is 0 Å². The van der Waals surface area contributed by atoms with Gasteiger partial charge in [0, 0.05) is 4.47 Å². The summed E-state index contributed by atoms with van der Waals surface area (Å²) in [6.07, 6.45) is 2.43. The maximum atomic E-state index is 11.4. The molecule has 0 saturated carbocycles. The van der Waals surface area contributed by atoms with Gasteiger partial charge in [-0.1, -0.05) is 35.0 Å². The molecule has 1 amide bonds. The molecule has 0 aromatic heterocycles. The Hall–Kier alpha value is -0.520. The van der Waals surface area contributed by atoms with Crippen molar-refractivity contribution in [3.05, 3.63) is 34.3 Å². The Bertz CT molecular complexity index is 396. The Balaban J connectivity index is 2.73. The Morgan fingerprint density at radius 3 is 2.56 bits per heavy atom. The van der Waals surface area contributed by atoms with Crippen molar-refractivity contribution in [3.8, 4) is 0 Å². The van der Waals surface area contributed by atoms with E-state index in [9.17, 15) is 9.90 Å². The van der Waals surface area contributed by atoms with Gasteiger partial charge in [-0.15, -0.1) is 0 Å². The van der Waals surface area contributed by atoms with Crippen molar-refractivity contribution in [1.82, 2.24) is 5.32 Å². The molecule has 1 unspecified atom stereocenters. The lowest BCUT2D eigenvalue weighted by Crippen LogP contribution is -2.41. The summed E-state index contributed by atoms with van der Waals surface area (Å²) < 4.78 is 0.969. The Morgan fingerprint density at radius 1 is 1.44 bits per heavy atom. The smallest absolute Gasteiger partial charge is 0.230 e. The first-order chi connectivity index (χ1) is 8.51. The number of hydrogen-bond donors (Lipinski definition) is 2. The second-order valence-corrected chi connectivity index (χ2v) is 5.88. The van der Waals surface area contributed by atoms with Crippen LogP contribution in [0.15, 0.2) is 28.7 Å². The van der Waals surface area contributed by atoms with Gasteiger partial charge in [0.2, 0.25) is 5.91 Å². The predicted molar refractivity (Wildman–Crippen MR) is 79.7 cm³/mol. The number of rotatable bonds is 6. The van der Waals surface area contributed by atoms with E-state index < -0.39 is 5.60 Å². The molecule has 18 heavy (non-hydrogen) atoms. The molecule has 1 aromatic rings. The van der Waals surface area contributed by atoms with Crippen molar-refractivity contribution in [3.63, 3.8) is 0 Å². The molecule has 100 valence electrons. The number of benzene rings is 1. The molecular weight excluding hydrogens is 314 g/mol. The molecule has 0 heterocycles. The average molecular weight is 332 g/mol. The summed E-state index contributed by atoms with van der Waals surface area (Å²) in [5.74, 6) is 0.367. The minimum absolute atomic E-state index is 0.0495. The Kier molecular flexibility index (Phi) is 6.18. The van der Waals surface area contributed by atoms with Crippen LogP contribution in [0.2, 0.25) is 0 Å². The van der Waals surface area contributed by atoms with Crippen LogP contribution in [-0.4, -0.2) is 29.6 Å². The maximum absolute atomic E-state index is 11.4. The fourth-order valence-corrected chi connectivity index (χ4v) is 2.25. The molecule has 5 heteroatoms. The van der Waals surface area contributed by atoms with E-state index in [2.05, 4.69) is 21.2 Å². The van der Waals surface area contributed by atoms with E-state index in [1.54, 1.807) is 0 Å². The van der Waals surface area contributed by atoms with Crippen LogP contribution in [0.25, 0.3) is 0 Å². The topological polar surface area (TPSA) is 49.3 Å². The molecule has 0 aliphatic rings. The standard InChI is InChI=1S/C13H18BrNO2S/c1-3-13(17,9-15-12(16)8-18-2)10-4-6-11(14)7-5-10/h4-7,17H,3,8-9H2,1-2H3,(H,15,16). The minimum atomic E-state index is -1.01. The van der Waals surface area contributed by atoms with Crippen LogP contribution in [-0.2, 0) is 10.4 Å². The van der Waals surface area contributed by atoms with Crippen molar-refractivity contribution in [2.75, 3.05) is 18.6 Å². The molecule has 0 aliphatic carbocycles. The zero-order chi connectivity index (χ0) is 13.6. The summed E-state index contributed by atoms with van der Waals surface area (Å²) in [7, 11) is 0. The van der Waals surface area contributed by atoms with Gasteiger partial charge in [-0.25, -0.2) is 0 Å². The zero-order valence-corrected chi connectivity index (χ0v) is 13.0. The molecule has 1 aromatic carbocycles. The number of carbonyl (C=O) groups excluding carboxylic acids is 1. The highest BCUT2D eigenvalue weighted by Gasteiger charge is 2.27. The molecule has 0 saturated heterocycles. The number of amides is 1. The third kappa shape index (κ3) is 4.30. The van der Waals surface area contributed by atoms with E-state index in [0.29, 0.717) is 12.2 Å². The highest BCUT2D eigenvalue weighted by atomic mass is 79.9. The first-order valence-electron chi connectivity index (χ1n) is 5.76. The molecule has 2 N–H and O–H groups in total. The van der Waals surface area contributed by atoms with Crippen molar-refractivity contribution in [2.45, 2.75) is 18.9 Å². The summed E-state index contributed by atoms with van der Waals surface area (Å²) in [5.41, 5.74) is -0.188. The van der Waals surface area contributed by atoms with Crippen LogP contribution in [0.1, 0.15) is 18.9 Å². The summed E-state index contributed by atoms with van der Waals surface area (Å²) in [4.78, 5) is 11.4. The fourth-order valence-electron chi connectivity index (χ4n) is 1.62. The third-order valence-corrected chi connectivity index (χ3v) is 3.90. The summed E-state index contributed by atoms with van der Waals surface area (Å²) in [5, 5.41) is 13.3. The lowest BCUT2D eigenvalue weighted by molar-refractivity contribution is -0.119. The SMILES string of the molecule is CCC(O)(CNC(=O)CSC)c1ccc(Br)cc1. The minimum Gasteiger partial charge on any atom is -0.383 e. The van der Waals surface area contributed by atoms with Gasteiger partial charge in [-0.05, 0) is 30.4 Å². The molecule has 0 aliphatic heterocycles. The Morgan fingerprint density at radius 2 is 2.06 bits per heavy atom. The van der Waals surface area contributed by atoms with E-state index in [1.807, 2.05) is 37.4 Å². The molecule has 0 fully saturated rings. The highest BCUT2D eigenvalue weighted by molar-refractivity contribution is 9.10. The van der Waals surface area contributed by atoms with Crippen LogP contribution < -0.4 is 5.32 Å². The fraction of sp³-hybridized carbons (Fsp3) is 0.462. The number of halogens is 1. The Labute approximate surface area is 120 Å². The number of carbonyl (C=O) groups is 1. The van der Waals surface area contributed by atoms with Gasteiger partial charge in [0.15, 0.2) is 0 Å². The first kappa shape index (κ1) is 15.5. The van der Waals surface area contributed by atoms with E-state index in [0.717, 1.165) is 10.0 Å². The van der Waals surface area contributed by atoms with Crippen LogP contribution in [0.5, 0.6) is 0 Å². The number of nitrogens with one attached hydrogen (secondary N) is 1. The van der Waals surface area contributed by atoms with Crippen LogP contribution >= 0.6 is 27.7 Å². The largest absolute Gasteiger partial charge is 0.383 e. The molecule has 1 rings (SSSR count).